The van der Waals surface area contributed by atoms with Crippen LogP contribution >= 0.6 is 0 Å². The van der Waals surface area contributed by atoms with Gasteiger partial charge in [-0.25, -0.2) is 0 Å². The van der Waals surface area contributed by atoms with Crippen LogP contribution in [-0.2, 0) is 0 Å². The van der Waals surface area contributed by atoms with Gasteiger partial charge in [-0.1, -0.05) is 13.8 Å². The molecule has 4 heteroatoms. The van der Waals surface area contributed by atoms with Crippen molar-refractivity contribution in [2.75, 3.05) is 13.2 Å². The van der Waals surface area contributed by atoms with E-state index in [2.05, 4.69) is 13.8 Å². The Kier molecular flexibility index (Phi) is 2.93. The van der Waals surface area contributed by atoms with Crippen molar-refractivity contribution in [2.45, 2.75) is 64.6 Å². The normalized spacial score (nSPS) is 62.8. The summed E-state index contributed by atoms with van der Waals surface area (Å²) in [6.07, 6.45) is 4.68. The van der Waals surface area contributed by atoms with Gasteiger partial charge in [0.2, 0.25) is 0 Å². The van der Waals surface area contributed by atoms with Crippen molar-refractivity contribution in [3.8, 4) is 0 Å². The summed E-state index contributed by atoms with van der Waals surface area (Å²) >= 11 is 0. The zero-order valence-electron chi connectivity index (χ0n) is 14.9. The smallest absolute Gasteiger partial charge is 0.0586 e. The van der Waals surface area contributed by atoms with Gasteiger partial charge in [-0.15, -0.1) is 0 Å². The lowest BCUT2D eigenvalue weighted by Crippen LogP contribution is -2.66. The van der Waals surface area contributed by atoms with Crippen LogP contribution in [0.25, 0.3) is 0 Å². The van der Waals surface area contributed by atoms with Gasteiger partial charge < -0.3 is 20.4 Å². The van der Waals surface area contributed by atoms with Crippen molar-refractivity contribution < 1.29 is 20.4 Å². The fourth-order valence-corrected chi connectivity index (χ4v) is 9.26. The molecule has 6 fully saturated rings. The van der Waals surface area contributed by atoms with E-state index in [1.807, 2.05) is 0 Å². The van der Waals surface area contributed by atoms with Gasteiger partial charge in [-0.3, -0.25) is 0 Å². The molecule has 6 rings (SSSR count). The van der Waals surface area contributed by atoms with Gasteiger partial charge >= 0.3 is 0 Å². The molecule has 6 saturated carbocycles. The molecule has 0 amide bonds. The van der Waals surface area contributed by atoms with E-state index in [0.29, 0.717) is 24.2 Å². The van der Waals surface area contributed by atoms with E-state index in [0.717, 1.165) is 18.3 Å². The van der Waals surface area contributed by atoms with Gasteiger partial charge in [-0.2, -0.15) is 0 Å². The molecule has 0 saturated heterocycles. The minimum absolute atomic E-state index is 0.110. The van der Waals surface area contributed by atoms with Gasteiger partial charge in [0, 0.05) is 11.3 Å². The van der Waals surface area contributed by atoms with Gasteiger partial charge in [0.15, 0.2) is 0 Å². The molecule has 4 bridgehead atoms. The van der Waals surface area contributed by atoms with Crippen LogP contribution in [0, 0.1) is 45.3 Å². The van der Waals surface area contributed by atoms with Crippen LogP contribution in [0.15, 0.2) is 0 Å². The number of hydrogen-bond acceptors (Lipinski definition) is 4. The summed E-state index contributed by atoms with van der Waals surface area (Å²) in [4.78, 5) is 0. The number of aliphatic hydroxyl groups excluding tert-OH is 4. The number of rotatable bonds is 2. The first-order chi connectivity index (χ1) is 11.2. The zero-order valence-corrected chi connectivity index (χ0v) is 14.9. The Labute approximate surface area is 144 Å². The van der Waals surface area contributed by atoms with Gasteiger partial charge in [0.25, 0.3) is 0 Å². The van der Waals surface area contributed by atoms with Gasteiger partial charge in [0.1, 0.15) is 0 Å². The van der Waals surface area contributed by atoms with E-state index in [9.17, 15) is 20.4 Å². The van der Waals surface area contributed by atoms with Crippen molar-refractivity contribution >= 4 is 0 Å². The Morgan fingerprint density at radius 2 is 1.58 bits per heavy atom. The SMILES string of the molecule is C[C@]12C[C@H](O)CC(CO)(CO)C1[C@H](O)C[C@@]13C[C@@H]4C(CC12)[C@]4(C)C3. The van der Waals surface area contributed by atoms with Crippen LogP contribution in [0.3, 0.4) is 0 Å². The second-order valence-electron chi connectivity index (χ2n) is 10.7. The third-order valence-electron chi connectivity index (χ3n) is 9.77. The Bertz CT molecular complexity index is 574. The summed E-state index contributed by atoms with van der Waals surface area (Å²) in [5, 5.41) is 42.0. The van der Waals surface area contributed by atoms with Crippen molar-refractivity contribution in [3.63, 3.8) is 0 Å². The number of aliphatic hydroxyl groups is 4. The first-order valence-corrected chi connectivity index (χ1v) is 9.83. The van der Waals surface area contributed by atoms with E-state index < -0.39 is 17.6 Å². The highest BCUT2D eigenvalue weighted by Crippen LogP contribution is 2.85. The van der Waals surface area contributed by atoms with E-state index in [-0.39, 0.29) is 30.0 Å². The highest BCUT2D eigenvalue weighted by Gasteiger charge is 2.79. The maximum absolute atomic E-state index is 11.2. The molecule has 0 aromatic carbocycles. The van der Waals surface area contributed by atoms with Crippen molar-refractivity contribution in [1.29, 1.82) is 0 Å². The summed E-state index contributed by atoms with van der Waals surface area (Å²) in [5.41, 5.74) is -0.194. The molecule has 4 N–H and O–H groups in total. The van der Waals surface area contributed by atoms with Crippen LogP contribution in [0.5, 0.6) is 0 Å². The van der Waals surface area contributed by atoms with Gasteiger partial charge in [0.05, 0.1) is 25.4 Å². The second-order valence-corrected chi connectivity index (χ2v) is 10.7. The Morgan fingerprint density at radius 1 is 0.875 bits per heavy atom. The molecule has 0 radical (unpaired) electrons. The molecular formula is C20H32O4. The quantitative estimate of drug-likeness (QED) is 0.617. The summed E-state index contributed by atoms with van der Waals surface area (Å²) in [6, 6.07) is 0. The lowest BCUT2D eigenvalue weighted by atomic mass is 9.38. The van der Waals surface area contributed by atoms with Crippen molar-refractivity contribution in [1.82, 2.24) is 0 Å². The molecule has 136 valence electrons. The minimum atomic E-state index is -0.749. The molecule has 3 unspecified atom stereocenters. The summed E-state index contributed by atoms with van der Waals surface area (Å²) in [6.45, 7) is 4.38. The fraction of sp³-hybridized carbons (Fsp3) is 1.00. The topological polar surface area (TPSA) is 80.9 Å². The number of hydrogen-bond donors (Lipinski definition) is 4. The molecule has 24 heavy (non-hydrogen) atoms. The van der Waals surface area contributed by atoms with Crippen LogP contribution in [0.1, 0.15) is 52.4 Å². The molecule has 0 aliphatic heterocycles. The molecular weight excluding hydrogens is 304 g/mol. The van der Waals surface area contributed by atoms with E-state index in [4.69, 9.17) is 0 Å². The summed E-state index contributed by atoms with van der Waals surface area (Å²) in [7, 11) is 0. The molecule has 6 aliphatic rings. The van der Waals surface area contributed by atoms with E-state index in [1.165, 1.54) is 19.3 Å². The molecule has 9 atom stereocenters. The van der Waals surface area contributed by atoms with Crippen LogP contribution in [-0.4, -0.2) is 45.8 Å². The Morgan fingerprint density at radius 3 is 2.17 bits per heavy atom. The third kappa shape index (κ3) is 1.57. The fourth-order valence-electron chi connectivity index (χ4n) is 9.26. The maximum atomic E-state index is 11.2. The molecule has 6 aliphatic carbocycles. The average molecular weight is 336 g/mol. The average Bonchev–Trinajstić information content (AvgIpc) is 2.96. The highest BCUT2D eigenvalue weighted by molar-refractivity contribution is 5.28. The molecule has 0 aromatic heterocycles. The van der Waals surface area contributed by atoms with E-state index >= 15 is 0 Å². The largest absolute Gasteiger partial charge is 0.396 e. The van der Waals surface area contributed by atoms with Crippen LogP contribution in [0.4, 0.5) is 0 Å². The lowest BCUT2D eigenvalue weighted by molar-refractivity contribution is -0.246. The standard InChI is InChI=1S/C20H32O4/c1-17-4-11(23)5-20(9-21,10-22)16(17)14(24)7-19-6-13-12(3-15(17)19)18(13,2)8-19/h11-16,21-24H,3-10H2,1-2H3/t11-,12?,13+,14+,15?,16?,17+,18-,19+/m0/s1. The monoisotopic (exact) mass is 336 g/mol. The first-order valence-electron chi connectivity index (χ1n) is 9.83. The first kappa shape index (κ1) is 16.0. The highest BCUT2D eigenvalue weighted by atomic mass is 16.3. The number of fused-ring (bicyclic) bond motifs is 1. The molecule has 0 aromatic rings. The van der Waals surface area contributed by atoms with Gasteiger partial charge in [-0.05, 0) is 72.5 Å². The maximum Gasteiger partial charge on any atom is 0.0586 e. The van der Waals surface area contributed by atoms with Crippen LogP contribution in [0.2, 0.25) is 0 Å². The van der Waals surface area contributed by atoms with Crippen molar-refractivity contribution in [2.24, 2.45) is 45.3 Å². The molecule has 1 spiro atoms. The zero-order chi connectivity index (χ0) is 17.1. The summed E-state index contributed by atoms with van der Waals surface area (Å²) < 4.78 is 0. The Hall–Kier alpha value is -0.160. The Balaban J connectivity index is 1.60. The molecule has 0 heterocycles. The van der Waals surface area contributed by atoms with E-state index in [1.54, 1.807) is 0 Å². The predicted octanol–water partition coefficient (Wildman–Crippen LogP) is 1.55. The van der Waals surface area contributed by atoms with Crippen molar-refractivity contribution in [3.05, 3.63) is 0 Å². The minimum Gasteiger partial charge on any atom is -0.396 e. The van der Waals surface area contributed by atoms with Crippen LogP contribution < -0.4 is 0 Å². The summed E-state index contributed by atoms with van der Waals surface area (Å²) in [5.74, 6) is 2.09. The molecule has 4 nitrogen and oxygen atoms in total. The second kappa shape index (κ2) is 4.39. The lowest BCUT2D eigenvalue weighted by Gasteiger charge is -2.67. The third-order valence-corrected chi connectivity index (χ3v) is 9.77. The predicted molar refractivity (Wildman–Crippen MR) is 88.9 cm³/mol.